The minimum atomic E-state index is -0.410. The fourth-order valence-electron chi connectivity index (χ4n) is 0.162. The molecule has 0 N–H and O–H groups in total. The van der Waals surface area contributed by atoms with Crippen LogP contribution in [0, 0.1) is 4.91 Å². The van der Waals surface area contributed by atoms with Gasteiger partial charge in [-0.05, 0) is 6.92 Å². The summed E-state index contributed by atoms with van der Waals surface area (Å²) in [6.07, 6.45) is 0.654. The molecule has 0 aromatic rings. The van der Waals surface area contributed by atoms with Crippen LogP contribution in [0.1, 0.15) is 6.92 Å². The van der Waals surface area contributed by atoms with Crippen molar-refractivity contribution in [1.82, 2.24) is 5.01 Å². The summed E-state index contributed by atoms with van der Waals surface area (Å²) in [6, 6.07) is -0.410. The van der Waals surface area contributed by atoms with Gasteiger partial charge in [0, 0.05) is 7.05 Å². The smallest absolute Gasteiger partial charge is 0.143 e. The molecular formula is C4H8N2O2. The van der Waals surface area contributed by atoms with Gasteiger partial charge in [-0.2, -0.15) is 0 Å². The predicted molar refractivity (Wildman–Crippen MR) is 29.1 cm³/mol. The Morgan fingerprint density at radius 1 is 1.75 bits per heavy atom. The van der Waals surface area contributed by atoms with E-state index in [1.54, 1.807) is 6.92 Å². The fraction of sp³-hybridized carbons (Fsp3) is 0.750. The molecule has 0 aliphatic heterocycles. The van der Waals surface area contributed by atoms with E-state index in [1.165, 1.54) is 7.05 Å². The van der Waals surface area contributed by atoms with Crippen LogP contribution in [0.15, 0.2) is 5.29 Å². The predicted octanol–water partition coefficient (Wildman–Crippen LogP) is 0.187. The van der Waals surface area contributed by atoms with Crippen molar-refractivity contribution >= 4 is 6.29 Å². The van der Waals surface area contributed by atoms with Crippen LogP contribution in [-0.2, 0) is 4.79 Å². The molecule has 46 valence electrons. The topological polar surface area (TPSA) is 49.7 Å². The van der Waals surface area contributed by atoms with Gasteiger partial charge in [0.1, 0.15) is 12.3 Å². The van der Waals surface area contributed by atoms with Crippen molar-refractivity contribution in [3.63, 3.8) is 0 Å². The van der Waals surface area contributed by atoms with Gasteiger partial charge in [-0.15, -0.1) is 4.91 Å². The number of hydrogen-bond acceptors (Lipinski definition) is 3. The number of nitroso groups, excluding NO2 is 1. The third kappa shape index (κ3) is 1.68. The third-order valence-electron chi connectivity index (χ3n) is 0.915. The van der Waals surface area contributed by atoms with Gasteiger partial charge in [0.2, 0.25) is 0 Å². The van der Waals surface area contributed by atoms with E-state index in [4.69, 9.17) is 0 Å². The standard InChI is InChI=1S/C4H8N2O2/c1-4(3-7)6(2)5-8/h3-4H,1-2H3/t4-/m1/s1. The highest BCUT2D eigenvalue weighted by atomic mass is 16.3. The Kier molecular flexibility index (Phi) is 2.76. The van der Waals surface area contributed by atoms with Crippen molar-refractivity contribution < 1.29 is 4.79 Å². The lowest BCUT2D eigenvalue weighted by molar-refractivity contribution is -0.111. The summed E-state index contributed by atoms with van der Waals surface area (Å²) in [5.74, 6) is 0. The van der Waals surface area contributed by atoms with E-state index < -0.39 is 6.04 Å². The first-order valence-corrected chi connectivity index (χ1v) is 2.23. The zero-order valence-electron chi connectivity index (χ0n) is 4.87. The molecule has 0 saturated heterocycles. The van der Waals surface area contributed by atoms with E-state index in [9.17, 15) is 9.70 Å². The maximum atomic E-state index is 9.86. The molecule has 1 atom stereocenters. The highest BCUT2D eigenvalue weighted by Crippen LogP contribution is 1.88. The second-order valence-corrected chi connectivity index (χ2v) is 1.53. The number of carbonyl (C=O) groups is 1. The van der Waals surface area contributed by atoms with Crippen LogP contribution in [0.2, 0.25) is 0 Å². The van der Waals surface area contributed by atoms with Crippen LogP contribution in [0.3, 0.4) is 0 Å². The van der Waals surface area contributed by atoms with Crippen molar-refractivity contribution in [3.8, 4) is 0 Å². The molecule has 0 saturated carbocycles. The molecule has 0 aromatic heterocycles. The Morgan fingerprint density at radius 2 is 2.25 bits per heavy atom. The van der Waals surface area contributed by atoms with E-state index in [-0.39, 0.29) is 0 Å². The molecule has 8 heavy (non-hydrogen) atoms. The summed E-state index contributed by atoms with van der Waals surface area (Å²) in [5, 5.41) is 3.56. The molecule has 0 aliphatic rings. The molecule has 0 aromatic carbocycles. The van der Waals surface area contributed by atoms with Crippen molar-refractivity contribution in [1.29, 1.82) is 0 Å². The number of likely N-dealkylation sites (N-methyl/N-ethyl adjacent to an activating group) is 1. The minimum absolute atomic E-state index is 0.410. The summed E-state index contributed by atoms with van der Waals surface area (Å²) in [7, 11) is 1.45. The van der Waals surface area contributed by atoms with Crippen LogP contribution in [0.5, 0.6) is 0 Å². The van der Waals surface area contributed by atoms with Crippen LogP contribution in [-0.4, -0.2) is 24.4 Å². The van der Waals surface area contributed by atoms with Crippen molar-refractivity contribution in [3.05, 3.63) is 4.91 Å². The molecule has 0 fully saturated rings. The molecule has 4 heteroatoms. The van der Waals surface area contributed by atoms with Gasteiger partial charge in [-0.25, -0.2) is 0 Å². The van der Waals surface area contributed by atoms with E-state index >= 15 is 0 Å². The normalized spacial score (nSPS) is 12.2. The van der Waals surface area contributed by atoms with E-state index in [1.807, 2.05) is 0 Å². The molecular weight excluding hydrogens is 108 g/mol. The van der Waals surface area contributed by atoms with E-state index in [0.29, 0.717) is 6.29 Å². The largest absolute Gasteiger partial charge is 0.301 e. The fourth-order valence-corrected chi connectivity index (χ4v) is 0.162. The molecule has 0 bridgehead atoms. The van der Waals surface area contributed by atoms with Gasteiger partial charge in [0.25, 0.3) is 0 Å². The Balaban J connectivity index is 3.60. The molecule has 0 rings (SSSR count). The van der Waals surface area contributed by atoms with Crippen molar-refractivity contribution in [2.75, 3.05) is 7.05 Å². The lowest BCUT2D eigenvalue weighted by Crippen LogP contribution is -2.24. The highest BCUT2D eigenvalue weighted by molar-refractivity contribution is 5.56. The Bertz CT molecular complexity index is 82.0. The van der Waals surface area contributed by atoms with Gasteiger partial charge in [-0.3, -0.25) is 5.01 Å². The van der Waals surface area contributed by atoms with Gasteiger partial charge in [0.05, 0.1) is 5.29 Å². The molecule has 0 unspecified atom stereocenters. The van der Waals surface area contributed by atoms with Crippen LogP contribution in [0.4, 0.5) is 0 Å². The maximum Gasteiger partial charge on any atom is 0.143 e. The summed E-state index contributed by atoms with van der Waals surface area (Å²) in [4.78, 5) is 19.5. The van der Waals surface area contributed by atoms with Crippen molar-refractivity contribution in [2.24, 2.45) is 5.29 Å². The molecule has 0 heterocycles. The van der Waals surface area contributed by atoms with E-state index in [2.05, 4.69) is 5.29 Å². The van der Waals surface area contributed by atoms with Gasteiger partial charge in [-0.1, -0.05) is 0 Å². The van der Waals surface area contributed by atoms with Gasteiger partial charge < -0.3 is 4.79 Å². The zero-order chi connectivity index (χ0) is 6.57. The SMILES string of the molecule is C[C@H](C=O)N(C)N=O. The summed E-state index contributed by atoms with van der Waals surface area (Å²) >= 11 is 0. The summed E-state index contributed by atoms with van der Waals surface area (Å²) in [5.41, 5.74) is 0. The average Bonchev–Trinajstić information content (AvgIpc) is 1.84. The van der Waals surface area contributed by atoms with Crippen LogP contribution in [0.25, 0.3) is 0 Å². The monoisotopic (exact) mass is 116 g/mol. The average molecular weight is 116 g/mol. The number of hydrogen-bond donors (Lipinski definition) is 0. The second kappa shape index (κ2) is 3.12. The zero-order valence-corrected chi connectivity index (χ0v) is 4.87. The molecule has 0 amide bonds. The first-order chi connectivity index (χ1) is 3.72. The van der Waals surface area contributed by atoms with Gasteiger partial charge in [0.15, 0.2) is 0 Å². The minimum Gasteiger partial charge on any atom is -0.301 e. The lowest BCUT2D eigenvalue weighted by atomic mass is 10.4. The lowest BCUT2D eigenvalue weighted by Gasteiger charge is -2.09. The highest BCUT2D eigenvalue weighted by Gasteiger charge is 2.03. The number of nitrogens with zero attached hydrogens (tertiary/aromatic N) is 2. The second-order valence-electron chi connectivity index (χ2n) is 1.53. The molecule has 0 spiro atoms. The van der Waals surface area contributed by atoms with E-state index in [0.717, 1.165) is 5.01 Å². The Hall–Kier alpha value is -0.930. The van der Waals surface area contributed by atoms with Gasteiger partial charge >= 0.3 is 0 Å². The summed E-state index contributed by atoms with van der Waals surface area (Å²) < 4.78 is 0. The maximum absolute atomic E-state index is 9.86. The number of carbonyl (C=O) groups excluding carboxylic acids is 1. The third-order valence-corrected chi connectivity index (χ3v) is 0.915. The first-order valence-electron chi connectivity index (χ1n) is 2.23. The molecule has 0 radical (unpaired) electrons. The summed E-state index contributed by atoms with van der Waals surface area (Å²) in [6.45, 7) is 1.59. The Labute approximate surface area is 47.4 Å². The van der Waals surface area contributed by atoms with Crippen LogP contribution < -0.4 is 0 Å². The molecule has 0 aliphatic carbocycles. The van der Waals surface area contributed by atoms with Crippen LogP contribution >= 0.6 is 0 Å². The molecule has 4 nitrogen and oxygen atoms in total. The Morgan fingerprint density at radius 3 is 2.38 bits per heavy atom. The number of rotatable bonds is 3. The quantitative estimate of drug-likeness (QED) is 0.300. The number of aldehydes is 1. The van der Waals surface area contributed by atoms with Crippen molar-refractivity contribution in [2.45, 2.75) is 13.0 Å². The first kappa shape index (κ1) is 7.07.